The number of hydrogen-bond donors (Lipinski definition) is 1. The van der Waals surface area contributed by atoms with E-state index in [1.54, 1.807) is 42.5 Å². The van der Waals surface area contributed by atoms with Crippen LogP contribution in [0.3, 0.4) is 0 Å². The first-order chi connectivity index (χ1) is 13.0. The number of aromatic nitrogens is 2. The first kappa shape index (κ1) is 18.0. The van der Waals surface area contributed by atoms with Crippen LogP contribution in [0.5, 0.6) is 0 Å². The van der Waals surface area contributed by atoms with Crippen LogP contribution < -0.4 is 5.32 Å². The molecule has 0 atom stereocenters. The Hall–Kier alpha value is -3.79. The van der Waals surface area contributed by atoms with Crippen molar-refractivity contribution in [1.29, 1.82) is 5.26 Å². The van der Waals surface area contributed by atoms with E-state index in [1.807, 2.05) is 19.9 Å². The number of hydrogen-bond acceptors (Lipinski definition) is 6. The van der Waals surface area contributed by atoms with E-state index in [1.165, 1.54) is 0 Å². The molecule has 7 nitrogen and oxygen atoms in total. The maximum Gasteiger partial charge on any atom is 0.338 e. The third-order valence-corrected chi connectivity index (χ3v) is 3.94. The number of rotatable bonds is 4. The van der Waals surface area contributed by atoms with Crippen molar-refractivity contribution in [2.75, 3.05) is 11.9 Å². The van der Waals surface area contributed by atoms with Gasteiger partial charge in [-0.1, -0.05) is 0 Å². The maximum atomic E-state index is 12.2. The molecule has 0 radical (unpaired) electrons. The van der Waals surface area contributed by atoms with E-state index in [2.05, 4.69) is 15.3 Å². The summed E-state index contributed by atoms with van der Waals surface area (Å²) in [7, 11) is 0. The van der Waals surface area contributed by atoms with Crippen LogP contribution >= 0.6 is 0 Å². The standard InChI is InChI=1S/C20H16N4O3/c1-12-13(2)23-18-9-15(5-8-17(18)22-12)20(26)27-11-19(25)24-16-6-3-14(10-21)4-7-16/h3-9H,11H2,1-2H3,(H,24,25). The highest BCUT2D eigenvalue weighted by atomic mass is 16.5. The fraction of sp³-hybridized carbons (Fsp3) is 0.150. The number of anilines is 1. The van der Waals surface area contributed by atoms with Gasteiger partial charge in [0.15, 0.2) is 6.61 Å². The van der Waals surface area contributed by atoms with Gasteiger partial charge in [0.05, 0.1) is 39.6 Å². The molecular weight excluding hydrogens is 344 g/mol. The van der Waals surface area contributed by atoms with Crippen molar-refractivity contribution in [2.45, 2.75) is 13.8 Å². The average molecular weight is 360 g/mol. The Morgan fingerprint density at radius 2 is 1.70 bits per heavy atom. The molecule has 1 heterocycles. The highest BCUT2D eigenvalue weighted by Gasteiger charge is 2.12. The van der Waals surface area contributed by atoms with Crippen LogP contribution in [0.1, 0.15) is 27.3 Å². The number of esters is 1. The molecule has 0 saturated heterocycles. The third-order valence-electron chi connectivity index (χ3n) is 3.94. The Labute approximate surface area is 155 Å². The number of fused-ring (bicyclic) bond motifs is 1. The van der Waals surface area contributed by atoms with E-state index in [9.17, 15) is 9.59 Å². The molecule has 27 heavy (non-hydrogen) atoms. The van der Waals surface area contributed by atoms with Crippen molar-refractivity contribution >= 4 is 28.6 Å². The zero-order chi connectivity index (χ0) is 19.4. The number of nitrogens with zero attached hydrogens (tertiary/aromatic N) is 3. The van der Waals surface area contributed by atoms with Gasteiger partial charge in [0.2, 0.25) is 0 Å². The predicted molar refractivity (Wildman–Crippen MR) is 99.1 cm³/mol. The van der Waals surface area contributed by atoms with E-state index >= 15 is 0 Å². The molecule has 0 unspecified atom stereocenters. The first-order valence-electron chi connectivity index (χ1n) is 8.18. The molecule has 1 aromatic heterocycles. The second-order valence-electron chi connectivity index (χ2n) is 5.91. The number of ether oxygens (including phenoxy) is 1. The zero-order valence-electron chi connectivity index (χ0n) is 14.8. The number of amides is 1. The van der Waals surface area contributed by atoms with Crippen molar-refractivity contribution in [3.05, 3.63) is 65.0 Å². The zero-order valence-corrected chi connectivity index (χ0v) is 14.8. The lowest BCUT2D eigenvalue weighted by Crippen LogP contribution is -2.20. The normalized spacial score (nSPS) is 10.3. The average Bonchev–Trinajstić information content (AvgIpc) is 2.67. The topological polar surface area (TPSA) is 105 Å². The second-order valence-corrected chi connectivity index (χ2v) is 5.91. The van der Waals surface area contributed by atoms with Gasteiger partial charge in [-0.2, -0.15) is 5.26 Å². The number of aryl methyl sites for hydroxylation is 2. The minimum atomic E-state index is -0.619. The molecule has 2 aromatic carbocycles. The monoisotopic (exact) mass is 360 g/mol. The number of carbonyl (C=O) groups excluding carboxylic acids is 2. The van der Waals surface area contributed by atoms with Gasteiger partial charge >= 0.3 is 5.97 Å². The van der Waals surface area contributed by atoms with Crippen molar-refractivity contribution in [1.82, 2.24) is 9.97 Å². The van der Waals surface area contributed by atoms with Gasteiger partial charge in [-0.25, -0.2) is 14.8 Å². The molecule has 0 aliphatic carbocycles. The molecule has 7 heteroatoms. The van der Waals surface area contributed by atoms with Crippen LogP contribution in [-0.4, -0.2) is 28.5 Å². The van der Waals surface area contributed by atoms with E-state index in [4.69, 9.17) is 10.00 Å². The molecular formula is C20H16N4O3. The van der Waals surface area contributed by atoms with Gasteiger partial charge in [0, 0.05) is 5.69 Å². The Bertz CT molecular complexity index is 1070. The van der Waals surface area contributed by atoms with Crippen molar-refractivity contribution in [3.63, 3.8) is 0 Å². The van der Waals surface area contributed by atoms with Gasteiger partial charge in [-0.3, -0.25) is 4.79 Å². The van der Waals surface area contributed by atoms with Crippen LogP contribution in [0.4, 0.5) is 5.69 Å². The van der Waals surface area contributed by atoms with Crippen LogP contribution in [0.2, 0.25) is 0 Å². The van der Waals surface area contributed by atoms with Crippen molar-refractivity contribution in [2.24, 2.45) is 0 Å². The number of benzene rings is 2. The van der Waals surface area contributed by atoms with Gasteiger partial charge in [-0.15, -0.1) is 0 Å². The van der Waals surface area contributed by atoms with Gasteiger partial charge in [0.1, 0.15) is 0 Å². The minimum absolute atomic E-state index is 0.297. The minimum Gasteiger partial charge on any atom is -0.452 e. The highest BCUT2D eigenvalue weighted by Crippen LogP contribution is 2.15. The lowest BCUT2D eigenvalue weighted by atomic mass is 10.2. The summed E-state index contributed by atoms with van der Waals surface area (Å²) in [6.07, 6.45) is 0. The summed E-state index contributed by atoms with van der Waals surface area (Å²) in [6.45, 7) is 3.30. The Morgan fingerprint density at radius 3 is 2.37 bits per heavy atom. The number of nitriles is 1. The summed E-state index contributed by atoms with van der Waals surface area (Å²) >= 11 is 0. The highest BCUT2D eigenvalue weighted by molar-refractivity contribution is 5.97. The third kappa shape index (κ3) is 4.25. The lowest BCUT2D eigenvalue weighted by Gasteiger charge is -2.08. The molecule has 0 fully saturated rings. The van der Waals surface area contributed by atoms with Crippen LogP contribution in [0, 0.1) is 25.2 Å². The lowest BCUT2D eigenvalue weighted by molar-refractivity contribution is -0.119. The van der Waals surface area contributed by atoms with E-state index in [0.717, 1.165) is 11.4 Å². The quantitative estimate of drug-likeness (QED) is 0.717. The van der Waals surface area contributed by atoms with Crippen molar-refractivity contribution < 1.29 is 14.3 Å². The fourth-order valence-electron chi connectivity index (χ4n) is 2.40. The Balaban J connectivity index is 1.63. The second kappa shape index (κ2) is 7.62. The predicted octanol–water partition coefficient (Wildman–Crippen LogP) is 2.91. The molecule has 134 valence electrons. The molecule has 1 N–H and O–H groups in total. The van der Waals surface area contributed by atoms with Gasteiger partial charge in [-0.05, 0) is 56.3 Å². The molecule has 0 saturated carbocycles. The van der Waals surface area contributed by atoms with Crippen LogP contribution in [0.15, 0.2) is 42.5 Å². The van der Waals surface area contributed by atoms with E-state index in [-0.39, 0.29) is 0 Å². The molecule has 0 aliphatic rings. The summed E-state index contributed by atoms with van der Waals surface area (Å²) in [4.78, 5) is 32.9. The molecule has 0 aliphatic heterocycles. The molecule has 0 bridgehead atoms. The van der Waals surface area contributed by atoms with Gasteiger partial charge < -0.3 is 10.1 Å². The number of nitrogens with one attached hydrogen (secondary N) is 1. The maximum absolute atomic E-state index is 12.2. The van der Waals surface area contributed by atoms with E-state index < -0.39 is 18.5 Å². The van der Waals surface area contributed by atoms with Crippen LogP contribution in [-0.2, 0) is 9.53 Å². The summed E-state index contributed by atoms with van der Waals surface area (Å²) in [5.41, 5.74) is 4.20. The SMILES string of the molecule is Cc1nc2ccc(C(=O)OCC(=O)Nc3ccc(C#N)cc3)cc2nc1C. The Morgan fingerprint density at radius 1 is 1.04 bits per heavy atom. The van der Waals surface area contributed by atoms with Crippen molar-refractivity contribution in [3.8, 4) is 6.07 Å². The largest absolute Gasteiger partial charge is 0.452 e. The molecule has 0 spiro atoms. The van der Waals surface area contributed by atoms with E-state index in [0.29, 0.717) is 27.8 Å². The fourth-order valence-corrected chi connectivity index (χ4v) is 2.40. The smallest absolute Gasteiger partial charge is 0.338 e. The summed E-state index contributed by atoms with van der Waals surface area (Å²) < 4.78 is 5.06. The van der Waals surface area contributed by atoms with Gasteiger partial charge in [0.25, 0.3) is 5.91 Å². The summed E-state index contributed by atoms with van der Waals surface area (Å²) in [6, 6.07) is 13.2. The first-order valence-corrected chi connectivity index (χ1v) is 8.18. The molecule has 1 amide bonds. The summed E-state index contributed by atoms with van der Waals surface area (Å²) in [5.74, 6) is -1.09. The molecule has 3 aromatic rings. The summed E-state index contributed by atoms with van der Waals surface area (Å²) in [5, 5.41) is 11.4. The number of carbonyl (C=O) groups is 2. The van der Waals surface area contributed by atoms with Crippen LogP contribution in [0.25, 0.3) is 11.0 Å². The Kier molecular flexibility index (Phi) is 5.08. The molecule has 3 rings (SSSR count).